The Bertz CT molecular complexity index is 736. The fraction of sp³-hybridized carbons (Fsp3) is 0. The summed E-state index contributed by atoms with van der Waals surface area (Å²) in [6, 6.07) is 9.68. The van der Waals surface area contributed by atoms with E-state index in [0.29, 0.717) is 27.6 Å². The zero-order valence-corrected chi connectivity index (χ0v) is 10.0. The fourth-order valence-electron chi connectivity index (χ4n) is 1.86. The molecule has 0 aliphatic rings. The molecule has 0 saturated carbocycles. The number of nitrogen functional groups attached to an aromatic ring is 1. The van der Waals surface area contributed by atoms with Gasteiger partial charge in [0, 0.05) is 5.56 Å². The van der Waals surface area contributed by atoms with Gasteiger partial charge in [-0.3, -0.25) is 0 Å². The Morgan fingerprint density at radius 2 is 2.06 bits per heavy atom. The van der Waals surface area contributed by atoms with E-state index < -0.39 is 0 Å². The average molecular weight is 262 g/mol. The van der Waals surface area contributed by atoms with Crippen molar-refractivity contribution in [1.29, 1.82) is 0 Å². The molecule has 1 aromatic heterocycles. The number of benzene rings is 2. The number of nitrogens with two attached hydrogens (primary N) is 1. The standard InChI is InChI=1S/C13H9ClFN3/c14-9-6-7(15)4-5-8(9)13-17-11-3-1-2-10(16)12(11)18-13/h1-6H,16H2,(H,17,18). The number of hydrogen-bond acceptors (Lipinski definition) is 2. The van der Waals surface area contributed by atoms with E-state index in [4.69, 9.17) is 17.3 Å². The first kappa shape index (κ1) is 11.0. The molecule has 0 bridgehead atoms. The molecule has 3 aromatic rings. The number of anilines is 1. The van der Waals surface area contributed by atoms with Gasteiger partial charge in [0.25, 0.3) is 0 Å². The molecule has 0 atom stereocenters. The predicted octanol–water partition coefficient (Wildman–Crippen LogP) is 3.60. The molecule has 5 heteroatoms. The summed E-state index contributed by atoms with van der Waals surface area (Å²) >= 11 is 6.00. The highest BCUT2D eigenvalue weighted by atomic mass is 35.5. The van der Waals surface area contributed by atoms with Gasteiger partial charge in [-0.15, -0.1) is 0 Å². The number of fused-ring (bicyclic) bond motifs is 1. The van der Waals surface area contributed by atoms with E-state index in [1.807, 2.05) is 12.1 Å². The third-order valence-corrected chi connectivity index (χ3v) is 3.04. The highest BCUT2D eigenvalue weighted by Crippen LogP contribution is 2.29. The maximum atomic E-state index is 13.0. The Kier molecular flexibility index (Phi) is 2.45. The molecular formula is C13H9ClFN3. The van der Waals surface area contributed by atoms with Crippen LogP contribution in [0, 0.1) is 5.82 Å². The van der Waals surface area contributed by atoms with E-state index in [0.717, 1.165) is 5.52 Å². The first-order valence-corrected chi connectivity index (χ1v) is 5.72. The van der Waals surface area contributed by atoms with Crippen molar-refractivity contribution < 1.29 is 4.39 Å². The van der Waals surface area contributed by atoms with Crippen molar-refractivity contribution in [3.8, 4) is 11.4 Å². The predicted molar refractivity (Wildman–Crippen MR) is 70.9 cm³/mol. The number of aromatic nitrogens is 2. The van der Waals surface area contributed by atoms with Gasteiger partial charge in [0.1, 0.15) is 17.2 Å². The third kappa shape index (κ3) is 1.71. The molecule has 3 N–H and O–H groups in total. The van der Waals surface area contributed by atoms with Crippen molar-refractivity contribution in [3.63, 3.8) is 0 Å². The highest BCUT2D eigenvalue weighted by Gasteiger charge is 2.10. The quantitative estimate of drug-likeness (QED) is 0.658. The number of nitrogens with one attached hydrogen (secondary N) is 1. The van der Waals surface area contributed by atoms with Crippen molar-refractivity contribution in [3.05, 3.63) is 47.2 Å². The molecule has 0 unspecified atom stereocenters. The largest absolute Gasteiger partial charge is 0.397 e. The monoisotopic (exact) mass is 261 g/mol. The molecule has 3 nitrogen and oxygen atoms in total. The molecule has 0 radical (unpaired) electrons. The molecule has 0 amide bonds. The minimum Gasteiger partial charge on any atom is -0.397 e. The number of hydrogen-bond donors (Lipinski definition) is 2. The first-order chi connectivity index (χ1) is 8.65. The molecule has 90 valence electrons. The lowest BCUT2D eigenvalue weighted by Gasteiger charge is -1.99. The normalized spacial score (nSPS) is 11.0. The van der Waals surface area contributed by atoms with Gasteiger partial charge in [-0.2, -0.15) is 0 Å². The number of imidazole rings is 1. The second-order valence-corrected chi connectivity index (χ2v) is 4.36. The Morgan fingerprint density at radius 1 is 1.22 bits per heavy atom. The molecule has 0 aliphatic carbocycles. The van der Waals surface area contributed by atoms with Crippen LogP contribution in [0.2, 0.25) is 5.02 Å². The van der Waals surface area contributed by atoms with Crippen molar-refractivity contribution >= 4 is 28.3 Å². The number of aromatic amines is 1. The van der Waals surface area contributed by atoms with Crippen LogP contribution < -0.4 is 5.73 Å². The average Bonchev–Trinajstić information content (AvgIpc) is 2.74. The summed E-state index contributed by atoms with van der Waals surface area (Å²) in [5.74, 6) is 0.201. The number of halogens is 2. The second kappa shape index (κ2) is 3.99. The van der Waals surface area contributed by atoms with Crippen LogP contribution in [0.25, 0.3) is 22.4 Å². The molecule has 0 fully saturated rings. The van der Waals surface area contributed by atoms with E-state index in [2.05, 4.69) is 9.97 Å². The number of nitrogens with zero attached hydrogens (tertiary/aromatic N) is 1. The van der Waals surface area contributed by atoms with Gasteiger partial charge in [-0.1, -0.05) is 17.7 Å². The molecular weight excluding hydrogens is 253 g/mol. The topological polar surface area (TPSA) is 54.7 Å². The van der Waals surface area contributed by atoms with Crippen LogP contribution in [0.15, 0.2) is 36.4 Å². The van der Waals surface area contributed by atoms with Gasteiger partial charge >= 0.3 is 0 Å². The Balaban J connectivity index is 2.23. The first-order valence-electron chi connectivity index (χ1n) is 5.35. The summed E-state index contributed by atoms with van der Waals surface area (Å²) in [5, 5.41) is 0.313. The highest BCUT2D eigenvalue weighted by molar-refractivity contribution is 6.33. The van der Waals surface area contributed by atoms with E-state index in [-0.39, 0.29) is 5.82 Å². The van der Waals surface area contributed by atoms with Crippen LogP contribution in [-0.4, -0.2) is 9.97 Å². The molecule has 2 aromatic carbocycles. The van der Waals surface area contributed by atoms with Gasteiger partial charge in [0.05, 0.1) is 16.2 Å². The van der Waals surface area contributed by atoms with Crippen LogP contribution in [0.5, 0.6) is 0 Å². The lowest BCUT2D eigenvalue weighted by Crippen LogP contribution is -1.85. The third-order valence-electron chi connectivity index (χ3n) is 2.73. The molecule has 0 aliphatic heterocycles. The van der Waals surface area contributed by atoms with Crippen molar-refractivity contribution in [2.24, 2.45) is 0 Å². The van der Waals surface area contributed by atoms with Crippen LogP contribution >= 0.6 is 11.6 Å². The smallest absolute Gasteiger partial charge is 0.140 e. The summed E-state index contributed by atoms with van der Waals surface area (Å²) < 4.78 is 13.0. The molecule has 1 heterocycles. The Morgan fingerprint density at radius 3 is 2.78 bits per heavy atom. The van der Waals surface area contributed by atoms with Crippen LogP contribution in [0.4, 0.5) is 10.1 Å². The van der Waals surface area contributed by atoms with Crippen LogP contribution in [0.3, 0.4) is 0 Å². The summed E-state index contributed by atoms with van der Waals surface area (Å²) in [5.41, 5.74) is 8.58. The van der Waals surface area contributed by atoms with Gasteiger partial charge in [0.15, 0.2) is 0 Å². The van der Waals surface area contributed by atoms with E-state index in [1.165, 1.54) is 12.1 Å². The van der Waals surface area contributed by atoms with Gasteiger partial charge in [0.2, 0.25) is 0 Å². The Labute approximate surface area is 107 Å². The van der Waals surface area contributed by atoms with Gasteiger partial charge in [-0.25, -0.2) is 9.37 Å². The lowest BCUT2D eigenvalue weighted by atomic mass is 10.2. The maximum Gasteiger partial charge on any atom is 0.140 e. The minimum atomic E-state index is -0.376. The van der Waals surface area contributed by atoms with Gasteiger partial charge < -0.3 is 10.7 Å². The van der Waals surface area contributed by atoms with Crippen LogP contribution in [0.1, 0.15) is 0 Å². The summed E-state index contributed by atoms with van der Waals surface area (Å²) in [6.45, 7) is 0. The number of para-hydroxylation sites is 1. The van der Waals surface area contributed by atoms with Gasteiger partial charge in [-0.05, 0) is 30.3 Å². The van der Waals surface area contributed by atoms with Crippen molar-refractivity contribution in [1.82, 2.24) is 9.97 Å². The molecule has 3 rings (SSSR count). The molecule has 0 spiro atoms. The van der Waals surface area contributed by atoms with E-state index in [9.17, 15) is 4.39 Å². The van der Waals surface area contributed by atoms with E-state index >= 15 is 0 Å². The fourth-order valence-corrected chi connectivity index (χ4v) is 2.12. The zero-order chi connectivity index (χ0) is 12.7. The molecule has 18 heavy (non-hydrogen) atoms. The van der Waals surface area contributed by atoms with Crippen molar-refractivity contribution in [2.45, 2.75) is 0 Å². The summed E-state index contributed by atoms with van der Waals surface area (Å²) in [4.78, 5) is 7.50. The number of rotatable bonds is 1. The number of H-pyrrole nitrogens is 1. The maximum absolute atomic E-state index is 13.0. The summed E-state index contributed by atoms with van der Waals surface area (Å²) in [7, 11) is 0. The SMILES string of the molecule is Nc1cccc2[nH]c(-c3ccc(F)cc3Cl)nc12. The molecule has 0 saturated heterocycles. The lowest BCUT2D eigenvalue weighted by molar-refractivity contribution is 0.628. The second-order valence-electron chi connectivity index (χ2n) is 3.95. The van der Waals surface area contributed by atoms with E-state index in [1.54, 1.807) is 12.1 Å². The van der Waals surface area contributed by atoms with Crippen molar-refractivity contribution in [2.75, 3.05) is 5.73 Å². The zero-order valence-electron chi connectivity index (χ0n) is 9.24. The Hall–Kier alpha value is -2.07. The minimum absolute atomic E-state index is 0.313. The van der Waals surface area contributed by atoms with Crippen LogP contribution in [-0.2, 0) is 0 Å². The summed E-state index contributed by atoms with van der Waals surface area (Å²) in [6.07, 6.45) is 0.